The molecule has 0 spiro atoms. The number of anilines is 3. The molecule has 5 aromatic rings. The van der Waals surface area contributed by atoms with Gasteiger partial charge in [0.05, 0.1) is 6.20 Å². The molecule has 0 radical (unpaired) electrons. The number of rotatable bonds is 4. The molecule has 0 bridgehead atoms. The predicted molar refractivity (Wildman–Crippen MR) is 116 cm³/mol. The molecule has 7 heteroatoms. The molecular weight excluding hydrogens is 378 g/mol. The van der Waals surface area contributed by atoms with Crippen molar-refractivity contribution in [3.8, 4) is 22.8 Å². The van der Waals surface area contributed by atoms with Crippen LogP contribution in [0.2, 0.25) is 0 Å². The van der Waals surface area contributed by atoms with Gasteiger partial charge in [0.1, 0.15) is 5.52 Å². The summed E-state index contributed by atoms with van der Waals surface area (Å²) < 4.78 is 11.8. The van der Waals surface area contributed by atoms with Gasteiger partial charge < -0.3 is 19.9 Å². The van der Waals surface area contributed by atoms with E-state index in [0.717, 1.165) is 39.0 Å². The molecule has 3 heterocycles. The van der Waals surface area contributed by atoms with E-state index in [1.165, 1.54) is 0 Å². The molecule has 148 valence electrons. The first kappa shape index (κ1) is 17.9. The Morgan fingerprint density at radius 1 is 0.967 bits per heavy atom. The molecule has 3 N–H and O–H groups in total. The Morgan fingerprint density at radius 3 is 2.63 bits per heavy atom. The van der Waals surface area contributed by atoms with Crippen molar-refractivity contribution in [2.45, 2.75) is 13.8 Å². The van der Waals surface area contributed by atoms with E-state index in [4.69, 9.17) is 14.6 Å². The summed E-state index contributed by atoms with van der Waals surface area (Å²) >= 11 is 0. The van der Waals surface area contributed by atoms with Crippen LogP contribution in [0.1, 0.15) is 11.1 Å². The van der Waals surface area contributed by atoms with Crippen LogP contribution in [0.5, 0.6) is 0 Å². The fraction of sp³-hybridized carbons (Fsp3) is 0.0870. The van der Waals surface area contributed by atoms with Crippen LogP contribution in [0.15, 0.2) is 69.9 Å². The van der Waals surface area contributed by atoms with Crippen LogP contribution in [0.25, 0.3) is 33.9 Å². The van der Waals surface area contributed by atoms with Crippen molar-refractivity contribution in [2.75, 3.05) is 11.1 Å². The Morgan fingerprint density at radius 2 is 1.80 bits per heavy atom. The van der Waals surface area contributed by atoms with Gasteiger partial charge >= 0.3 is 0 Å². The monoisotopic (exact) mass is 397 g/mol. The number of nitrogens with one attached hydrogen (secondary N) is 1. The molecule has 0 saturated heterocycles. The van der Waals surface area contributed by atoms with Crippen LogP contribution in [-0.2, 0) is 0 Å². The summed E-state index contributed by atoms with van der Waals surface area (Å²) in [5, 5.41) is 3.21. The number of oxazole rings is 2. The van der Waals surface area contributed by atoms with Gasteiger partial charge in [0.2, 0.25) is 5.89 Å². The fourth-order valence-electron chi connectivity index (χ4n) is 3.34. The highest BCUT2D eigenvalue weighted by Gasteiger charge is 2.16. The summed E-state index contributed by atoms with van der Waals surface area (Å²) in [5.41, 5.74) is 12.8. The average Bonchev–Trinajstić information content (AvgIpc) is 3.37. The molecule has 7 nitrogen and oxygen atoms in total. The van der Waals surface area contributed by atoms with E-state index in [1.807, 2.05) is 56.3 Å². The van der Waals surface area contributed by atoms with Gasteiger partial charge in [0.25, 0.3) is 6.01 Å². The third-order valence-electron chi connectivity index (χ3n) is 4.92. The van der Waals surface area contributed by atoms with Gasteiger partial charge in [0, 0.05) is 34.9 Å². The lowest BCUT2D eigenvalue weighted by Gasteiger charge is -2.11. The fourth-order valence-corrected chi connectivity index (χ4v) is 3.34. The number of nitrogens with two attached hydrogens (primary N) is 1. The van der Waals surface area contributed by atoms with Crippen LogP contribution < -0.4 is 11.1 Å². The van der Waals surface area contributed by atoms with E-state index >= 15 is 0 Å². The quantitative estimate of drug-likeness (QED) is 0.387. The molecule has 0 aliphatic rings. The van der Waals surface area contributed by atoms with Gasteiger partial charge in [0.15, 0.2) is 11.3 Å². The Hall–Kier alpha value is -4.13. The molecular formula is C23H19N5O2. The number of hydrogen-bond donors (Lipinski definition) is 2. The lowest BCUT2D eigenvalue weighted by atomic mass is 10.1. The topological polar surface area (TPSA) is 103 Å². The highest BCUT2D eigenvalue weighted by Crippen LogP contribution is 2.34. The Labute approximate surface area is 172 Å². The number of nitrogens with zero attached hydrogens (tertiary/aromatic N) is 3. The van der Waals surface area contributed by atoms with Gasteiger partial charge in [-0.1, -0.05) is 6.07 Å². The van der Waals surface area contributed by atoms with Crippen LogP contribution in [0, 0.1) is 13.8 Å². The van der Waals surface area contributed by atoms with Crippen molar-refractivity contribution in [1.82, 2.24) is 15.0 Å². The minimum absolute atomic E-state index is 0.370. The summed E-state index contributed by atoms with van der Waals surface area (Å²) in [6.45, 7) is 4.00. The van der Waals surface area contributed by atoms with E-state index in [0.29, 0.717) is 23.4 Å². The van der Waals surface area contributed by atoms with E-state index in [1.54, 1.807) is 18.6 Å². The van der Waals surface area contributed by atoms with Crippen molar-refractivity contribution in [3.63, 3.8) is 0 Å². The predicted octanol–water partition coefficient (Wildman–Crippen LogP) is 5.49. The second-order valence-corrected chi connectivity index (χ2v) is 7.12. The zero-order chi connectivity index (χ0) is 20.7. The first-order valence-electron chi connectivity index (χ1n) is 9.48. The molecule has 30 heavy (non-hydrogen) atoms. The number of benzene rings is 2. The minimum Gasteiger partial charge on any atom is -0.436 e. The largest absolute Gasteiger partial charge is 0.436 e. The Bertz CT molecular complexity index is 1360. The van der Waals surface area contributed by atoms with Gasteiger partial charge in [-0.3, -0.25) is 4.98 Å². The maximum absolute atomic E-state index is 6.17. The number of fused-ring (bicyclic) bond motifs is 1. The summed E-state index contributed by atoms with van der Waals surface area (Å²) in [4.78, 5) is 13.0. The van der Waals surface area contributed by atoms with Gasteiger partial charge in [-0.05, 0) is 61.4 Å². The van der Waals surface area contributed by atoms with Crippen molar-refractivity contribution in [1.29, 1.82) is 0 Å². The van der Waals surface area contributed by atoms with Crippen LogP contribution in [0.4, 0.5) is 17.4 Å². The number of nitrogen functional groups attached to an aromatic ring is 1. The van der Waals surface area contributed by atoms with E-state index in [-0.39, 0.29) is 0 Å². The van der Waals surface area contributed by atoms with E-state index in [9.17, 15) is 0 Å². The van der Waals surface area contributed by atoms with Gasteiger partial charge in [-0.15, -0.1) is 0 Å². The van der Waals surface area contributed by atoms with Crippen LogP contribution >= 0.6 is 0 Å². The lowest BCUT2D eigenvalue weighted by molar-refractivity contribution is 0.592. The summed E-state index contributed by atoms with van der Waals surface area (Å²) in [6.07, 6.45) is 5.09. The van der Waals surface area contributed by atoms with Crippen molar-refractivity contribution in [3.05, 3.63) is 72.2 Å². The minimum atomic E-state index is 0.370. The molecule has 0 aliphatic carbocycles. The molecule has 2 aromatic carbocycles. The smallest absolute Gasteiger partial charge is 0.299 e. The van der Waals surface area contributed by atoms with Crippen molar-refractivity contribution >= 4 is 28.5 Å². The Balaban J connectivity index is 1.51. The maximum atomic E-state index is 6.17. The number of aromatic nitrogens is 3. The number of hydrogen-bond acceptors (Lipinski definition) is 7. The number of pyridine rings is 1. The standard InChI is InChI=1S/C23H19N5O2/c1-13-3-4-20-19(9-13)27-22(29-20)17-10-16(24)11-18(14(17)2)28-23-26-12-21(30-23)15-5-7-25-8-6-15/h3-12H,24H2,1-2H3,(H,26,28). The summed E-state index contributed by atoms with van der Waals surface area (Å²) in [6, 6.07) is 13.7. The molecule has 0 fully saturated rings. The highest BCUT2D eigenvalue weighted by molar-refractivity contribution is 5.81. The summed E-state index contributed by atoms with van der Waals surface area (Å²) in [7, 11) is 0. The second kappa shape index (κ2) is 7.04. The molecule has 5 rings (SSSR count). The SMILES string of the molecule is Cc1ccc2oc(-c3cc(N)cc(Nc4ncc(-c5ccncc5)o4)c3C)nc2c1. The molecule has 0 amide bonds. The number of aryl methyl sites for hydroxylation is 1. The lowest BCUT2D eigenvalue weighted by Crippen LogP contribution is -1.98. The molecule has 0 saturated carbocycles. The van der Waals surface area contributed by atoms with Crippen molar-refractivity contribution < 1.29 is 8.83 Å². The summed E-state index contributed by atoms with van der Waals surface area (Å²) in [5.74, 6) is 1.17. The highest BCUT2D eigenvalue weighted by atomic mass is 16.4. The third-order valence-corrected chi connectivity index (χ3v) is 4.92. The first-order chi connectivity index (χ1) is 14.6. The molecule has 0 aliphatic heterocycles. The van der Waals surface area contributed by atoms with E-state index < -0.39 is 0 Å². The van der Waals surface area contributed by atoms with Gasteiger partial charge in [-0.2, -0.15) is 0 Å². The molecule has 0 atom stereocenters. The average molecular weight is 397 g/mol. The zero-order valence-electron chi connectivity index (χ0n) is 16.5. The zero-order valence-corrected chi connectivity index (χ0v) is 16.5. The first-order valence-corrected chi connectivity index (χ1v) is 9.48. The van der Waals surface area contributed by atoms with Crippen LogP contribution in [0.3, 0.4) is 0 Å². The van der Waals surface area contributed by atoms with Gasteiger partial charge in [-0.25, -0.2) is 9.97 Å². The second-order valence-electron chi connectivity index (χ2n) is 7.12. The van der Waals surface area contributed by atoms with Crippen LogP contribution in [-0.4, -0.2) is 15.0 Å². The third kappa shape index (κ3) is 3.26. The molecule has 0 unspecified atom stereocenters. The normalized spacial score (nSPS) is 11.1. The van der Waals surface area contributed by atoms with Crippen molar-refractivity contribution in [2.24, 2.45) is 0 Å². The van der Waals surface area contributed by atoms with E-state index in [2.05, 4.69) is 20.3 Å². The molecule has 3 aromatic heterocycles. The Kier molecular flexibility index (Phi) is 4.21. The maximum Gasteiger partial charge on any atom is 0.299 e.